The lowest BCUT2D eigenvalue weighted by molar-refractivity contribution is -0.116. The molecule has 0 fully saturated rings. The lowest BCUT2D eigenvalue weighted by Crippen LogP contribution is -2.16. The number of hydrogen-bond donors (Lipinski definition) is 2. The number of methoxy groups -OCH3 is 1. The van der Waals surface area contributed by atoms with Crippen LogP contribution in [-0.4, -0.2) is 28.0 Å². The number of nitrogens with one attached hydrogen (secondary N) is 2. The maximum atomic E-state index is 12.5. The summed E-state index contributed by atoms with van der Waals surface area (Å²) in [4.78, 5) is 12.1. The predicted molar refractivity (Wildman–Crippen MR) is 115 cm³/mol. The first kappa shape index (κ1) is 21.2. The maximum Gasteiger partial charge on any atom is 0.261 e. The van der Waals surface area contributed by atoms with E-state index in [4.69, 9.17) is 9.47 Å². The molecule has 0 aliphatic carbocycles. The number of rotatable bonds is 9. The molecule has 30 heavy (non-hydrogen) atoms. The van der Waals surface area contributed by atoms with Gasteiger partial charge in [-0.05, 0) is 60.7 Å². The highest BCUT2D eigenvalue weighted by atomic mass is 32.2. The van der Waals surface area contributed by atoms with Gasteiger partial charge in [-0.25, -0.2) is 8.42 Å². The van der Waals surface area contributed by atoms with E-state index in [9.17, 15) is 13.2 Å². The van der Waals surface area contributed by atoms with Crippen molar-refractivity contribution in [3.05, 3.63) is 78.9 Å². The first-order valence-electron chi connectivity index (χ1n) is 9.21. The van der Waals surface area contributed by atoms with Crippen molar-refractivity contribution in [2.45, 2.75) is 11.3 Å². The van der Waals surface area contributed by atoms with E-state index < -0.39 is 10.0 Å². The third-order valence-electron chi connectivity index (χ3n) is 4.13. The van der Waals surface area contributed by atoms with Crippen LogP contribution in [0, 0.1) is 0 Å². The molecule has 7 nitrogen and oxygen atoms in total. The highest BCUT2D eigenvalue weighted by Crippen LogP contribution is 2.20. The number of sulfonamides is 1. The number of carbonyl (C=O) groups is 1. The molecule has 0 aliphatic rings. The molecule has 0 heterocycles. The van der Waals surface area contributed by atoms with Crippen LogP contribution in [-0.2, 0) is 14.8 Å². The van der Waals surface area contributed by atoms with Crippen molar-refractivity contribution >= 4 is 27.3 Å². The molecule has 0 aromatic heterocycles. The zero-order chi connectivity index (χ0) is 21.4. The fourth-order valence-corrected chi connectivity index (χ4v) is 3.65. The molecule has 0 spiro atoms. The van der Waals surface area contributed by atoms with Crippen molar-refractivity contribution in [3.8, 4) is 11.5 Å². The van der Waals surface area contributed by atoms with Crippen molar-refractivity contribution in [2.75, 3.05) is 23.8 Å². The highest BCUT2D eigenvalue weighted by molar-refractivity contribution is 7.92. The van der Waals surface area contributed by atoms with Gasteiger partial charge in [0.15, 0.2) is 0 Å². The Hall–Kier alpha value is -3.52. The summed E-state index contributed by atoms with van der Waals surface area (Å²) >= 11 is 0. The van der Waals surface area contributed by atoms with E-state index in [1.807, 2.05) is 30.3 Å². The SMILES string of the molecule is COc1ccc(NS(=O)(=O)c2ccc(NC(=O)CCOc3ccccc3)cc2)cc1. The van der Waals surface area contributed by atoms with E-state index in [2.05, 4.69) is 10.0 Å². The molecular formula is C22H22N2O5S. The van der Waals surface area contributed by atoms with Crippen LogP contribution in [0.25, 0.3) is 0 Å². The van der Waals surface area contributed by atoms with Crippen LogP contribution >= 0.6 is 0 Å². The topological polar surface area (TPSA) is 93.7 Å². The van der Waals surface area contributed by atoms with Gasteiger partial charge in [0.2, 0.25) is 5.91 Å². The van der Waals surface area contributed by atoms with Crippen LogP contribution in [0.4, 0.5) is 11.4 Å². The van der Waals surface area contributed by atoms with Gasteiger partial charge in [-0.3, -0.25) is 9.52 Å². The Morgan fingerprint density at radius 3 is 2.10 bits per heavy atom. The Balaban J connectivity index is 1.53. The molecule has 0 saturated carbocycles. The zero-order valence-corrected chi connectivity index (χ0v) is 17.2. The van der Waals surface area contributed by atoms with Crippen LogP contribution in [0.15, 0.2) is 83.8 Å². The lowest BCUT2D eigenvalue weighted by atomic mass is 10.3. The molecular weight excluding hydrogens is 404 g/mol. The molecule has 3 aromatic carbocycles. The average Bonchev–Trinajstić information content (AvgIpc) is 2.75. The molecule has 2 N–H and O–H groups in total. The largest absolute Gasteiger partial charge is 0.497 e. The first-order valence-corrected chi connectivity index (χ1v) is 10.7. The summed E-state index contributed by atoms with van der Waals surface area (Å²) in [5.41, 5.74) is 0.926. The lowest BCUT2D eigenvalue weighted by Gasteiger charge is -2.10. The van der Waals surface area contributed by atoms with Gasteiger partial charge in [0.25, 0.3) is 10.0 Å². The molecule has 0 radical (unpaired) electrons. The summed E-state index contributed by atoms with van der Waals surface area (Å²) in [7, 11) is -2.21. The molecule has 3 aromatic rings. The molecule has 0 atom stereocenters. The van der Waals surface area contributed by atoms with E-state index in [1.54, 1.807) is 36.4 Å². The average molecular weight is 426 g/mol. The fourth-order valence-electron chi connectivity index (χ4n) is 2.59. The van der Waals surface area contributed by atoms with Crippen LogP contribution in [0.1, 0.15) is 6.42 Å². The van der Waals surface area contributed by atoms with Gasteiger partial charge < -0.3 is 14.8 Å². The molecule has 0 aliphatic heterocycles. The number of para-hydroxylation sites is 1. The minimum Gasteiger partial charge on any atom is -0.497 e. The van der Waals surface area contributed by atoms with Gasteiger partial charge in [-0.15, -0.1) is 0 Å². The van der Waals surface area contributed by atoms with Gasteiger partial charge in [0.05, 0.1) is 25.0 Å². The maximum absolute atomic E-state index is 12.5. The number of hydrogen-bond acceptors (Lipinski definition) is 5. The smallest absolute Gasteiger partial charge is 0.261 e. The van der Waals surface area contributed by atoms with Gasteiger partial charge in [-0.1, -0.05) is 18.2 Å². The third kappa shape index (κ3) is 5.99. The van der Waals surface area contributed by atoms with Gasteiger partial charge >= 0.3 is 0 Å². The predicted octanol–water partition coefficient (Wildman–Crippen LogP) is 3.90. The molecule has 8 heteroatoms. The van der Waals surface area contributed by atoms with E-state index >= 15 is 0 Å². The highest BCUT2D eigenvalue weighted by Gasteiger charge is 2.14. The van der Waals surface area contributed by atoms with Crippen molar-refractivity contribution in [1.29, 1.82) is 0 Å². The molecule has 156 valence electrons. The normalized spacial score (nSPS) is 10.8. The summed E-state index contributed by atoms with van der Waals surface area (Å²) in [6.07, 6.45) is 0.175. The van der Waals surface area contributed by atoms with E-state index in [0.29, 0.717) is 22.9 Å². The number of amides is 1. The Kier molecular flexibility index (Phi) is 6.92. The summed E-state index contributed by atoms with van der Waals surface area (Å²) in [5, 5.41) is 2.72. The molecule has 0 saturated heterocycles. The van der Waals surface area contributed by atoms with Gasteiger partial charge in [0, 0.05) is 11.4 Å². The second-order valence-corrected chi connectivity index (χ2v) is 8.00. The number of carbonyl (C=O) groups excluding carboxylic acids is 1. The van der Waals surface area contributed by atoms with Crippen molar-refractivity contribution in [2.24, 2.45) is 0 Å². The second-order valence-electron chi connectivity index (χ2n) is 6.32. The third-order valence-corrected chi connectivity index (χ3v) is 5.53. The zero-order valence-electron chi connectivity index (χ0n) is 16.4. The Morgan fingerprint density at radius 1 is 0.833 bits per heavy atom. The second kappa shape index (κ2) is 9.80. The standard InChI is InChI=1S/C22H22N2O5S/c1-28-19-11-7-18(8-12-19)24-30(26,27)21-13-9-17(10-14-21)23-22(25)15-16-29-20-5-3-2-4-6-20/h2-14,24H,15-16H2,1H3,(H,23,25). The molecule has 0 unspecified atom stereocenters. The molecule has 1 amide bonds. The van der Waals surface area contributed by atoms with E-state index in [-0.39, 0.29) is 23.8 Å². The fraction of sp³-hybridized carbons (Fsp3) is 0.136. The first-order chi connectivity index (χ1) is 14.5. The van der Waals surface area contributed by atoms with Crippen molar-refractivity contribution in [3.63, 3.8) is 0 Å². The van der Waals surface area contributed by atoms with Gasteiger partial charge in [0.1, 0.15) is 11.5 Å². The number of ether oxygens (including phenoxy) is 2. The van der Waals surface area contributed by atoms with Crippen molar-refractivity contribution in [1.82, 2.24) is 0 Å². The minimum atomic E-state index is -3.75. The minimum absolute atomic E-state index is 0.0868. The van der Waals surface area contributed by atoms with E-state index in [0.717, 1.165) is 0 Å². The van der Waals surface area contributed by atoms with Crippen LogP contribution in [0.2, 0.25) is 0 Å². The Bertz CT molecular complexity index is 1070. The number of benzene rings is 3. The van der Waals surface area contributed by atoms with Crippen molar-refractivity contribution < 1.29 is 22.7 Å². The van der Waals surface area contributed by atoms with Crippen LogP contribution in [0.5, 0.6) is 11.5 Å². The van der Waals surface area contributed by atoms with Crippen LogP contribution < -0.4 is 19.5 Å². The van der Waals surface area contributed by atoms with Gasteiger partial charge in [-0.2, -0.15) is 0 Å². The van der Waals surface area contributed by atoms with Crippen LogP contribution in [0.3, 0.4) is 0 Å². The van der Waals surface area contributed by atoms with E-state index in [1.165, 1.54) is 19.2 Å². The summed E-state index contributed by atoms with van der Waals surface area (Å²) in [6.45, 7) is 0.244. The summed E-state index contributed by atoms with van der Waals surface area (Å²) < 4.78 is 38.1. The summed E-state index contributed by atoms with van der Waals surface area (Å²) in [5.74, 6) is 1.11. The quantitative estimate of drug-likeness (QED) is 0.541. The Labute approximate surface area is 175 Å². The monoisotopic (exact) mass is 426 g/mol. The molecule has 3 rings (SSSR count). The summed E-state index contributed by atoms with van der Waals surface area (Å²) in [6, 6.07) is 21.7. The molecule has 0 bridgehead atoms. The Morgan fingerprint density at radius 2 is 1.47 bits per heavy atom. The number of anilines is 2.